The maximum atomic E-state index is 2.43. The summed E-state index contributed by atoms with van der Waals surface area (Å²) in [6.07, 6.45) is 7.09. The highest BCUT2D eigenvalue weighted by molar-refractivity contribution is 5.38. The fourth-order valence-corrected chi connectivity index (χ4v) is 1.99. The minimum absolute atomic E-state index is 0.650. The Morgan fingerprint density at radius 2 is 2.36 bits per heavy atom. The first kappa shape index (κ1) is 7.11. The molecule has 11 heavy (non-hydrogen) atoms. The molecule has 60 valence electrons. The summed E-state index contributed by atoms with van der Waals surface area (Å²) in [4.78, 5) is 2.43. The standard InChI is InChI=1S/C10H15N/c1-8-10-5-3-4-9(10)6-7-11(8)2/h3,5,8H,4,6-7H2,1-2H3. The van der Waals surface area contributed by atoms with Crippen LogP contribution in [-0.2, 0) is 0 Å². The highest BCUT2D eigenvalue weighted by atomic mass is 15.1. The van der Waals surface area contributed by atoms with Crippen molar-refractivity contribution in [2.24, 2.45) is 0 Å². The van der Waals surface area contributed by atoms with Gasteiger partial charge in [0.25, 0.3) is 0 Å². The largest absolute Gasteiger partial charge is 0.299 e. The van der Waals surface area contributed by atoms with Crippen LogP contribution in [0, 0.1) is 0 Å². The van der Waals surface area contributed by atoms with E-state index in [1.54, 1.807) is 11.1 Å². The first-order valence-electron chi connectivity index (χ1n) is 4.38. The summed E-state index contributed by atoms with van der Waals surface area (Å²) in [5.41, 5.74) is 3.26. The molecular formula is C10H15N. The topological polar surface area (TPSA) is 3.24 Å². The Hall–Kier alpha value is -0.560. The molecule has 0 spiro atoms. The average molecular weight is 149 g/mol. The van der Waals surface area contributed by atoms with Crippen molar-refractivity contribution >= 4 is 0 Å². The SMILES string of the molecule is CC1C2=C(CC=C2)CCN1C. The summed E-state index contributed by atoms with van der Waals surface area (Å²) in [7, 11) is 2.21. The van der Waals surface area contributed by atoms with Gasteiger partial charge in [0.05, 0.1) is 0 Å². The summed E-state index contributed by atoms with van der Waals surface area (Å²) in [6.45, 7) is 3.53. The van der Waals surface area contributed by atoms with Gasteiger partial charge in [-0.05, 0) is 32.4 Å². The Morgan fingerprint density at radius 3 is 3.18 bits per heavy atom. The second kappa shape index (κ2) is 2.49. The molecule has 0 fully saturated rings. The Morgan fingerprint density at radius 1 is 1.55 bits per heavy atom. The lowest BCUT2D eigenvalue weighted by molar-refractivity contribution is 0.277. The van der Waals surface area contributed by atoms with Crippen molar-refractivity contribution in [3.63, 3.8) is 0 Å². The molecule has 1 heterocycles. The van der Waals surface area contributed by atoms with Gasteiger partial charge in [-0.25, -0.2) is 0 Å². The molecule has 0 radical (unpaired) electrons. The fourth-order valence-electron chi connectivity index (χ4n) is 1.99. The molecule has 0 aromatic heterocycles. The first-order chi connectivity index (χ1) is 5.29. The molecule has 1 aliphatic carbocycles. The van der Waals surface area contributed by atoms with Gasteiger partial charge >= 0.3 is 0 Å². The molecule has 0 saturated heterocycles. The van der Waals surface area contributed by atoms with Gasteiger partial charge in [-0.1, -0.05) is 17.7 Å². The number of nitrogens with zero attached hydrogens (tertiary/aromatic N) is 1. The van der Waals surface area contributed by atoms with Crippen LogP contribution in [-0.4, -0.2) is 24.5 Å². The van der Waals surface area contributed by atoms with E-state index in [4.69, 9.17) is 0 Å². The summed E-state index contributed by atoms with van der Waals surface area (Å²) in [5, 5.41) is 0. The van der Waals surface area contributed by atoms with Gasteiger partial charge < -0.3 is 0 Å². The lowest BCUT2D eigenvalue weighted by Gasteiger charge is -2.31. The third-order valence-corrected chi connectivity index (χ3v) is 2.95. The van der Waals surface area contributed by atoms with Crippen LogP contribution in [0.4, 0.5) is 0 Å². The molecule has 0 aromatic rings. The van der Waals surface area contributed by atoms with Gasteiger partial charge in [0.2, 0.25) is 0 Å². The molecule has 0 amide bonds. The van der Waals surface area contributed by atoms with Crippen molar-refractivity contribution in [3.8, 4) is 0 Å². The number of rotatable bonds is 0. The molecule has 1 aliphatic heterocycles. The predicted molar refractivity (Wildman–Crippen MR) is 47.5 cm³/mol. The zero-order valence-electron chi connectivity index (χ0n) is 7.30. The molecule has 1 heteroatoms. The van der Waals surface area contributed by atoms with Crippen LogP contribution in [0.5, 0.6) is 0 Å². The molecule has 0 N–H and O–H groups in total. The van der Waals surface area contributed by atoms with Gasteiger partial charge in [-0.2, -0.15) is 0 Å². The number of likely N-dealkylation sites (N-methyl/N-ethyl adjacent to an activating group) is 1. The second-order valence-electron chi connectivity index (χ2n) is 3.57. The van der Waals surface area contributed by atoms with Crippen LogP contribution in [0.25, 0.3) is 0 Å². The first-order valence-corrected chi connectivity index (χ1v) is 4.38. The minimum atomic E-state index is 0.650. The van der Waals surface area contributed by atoms with Crippen LogP contribution >= 0.6 is 0 Å². The van der Waals surface area contributed by atoms with Crippen molar-refractivity contribution in [3.05, 3.63) is 23.3 Å². The normalized spacial score (nSPS) is 31.3. The van der Waals surface area contributed by atoms with Gasteiger partial charge in [0.1, 0.15) is 0 Å². The lowest BCUT2D eigenvalue weighted by atomic mass is 9.97. The van der Waals surface area contributed by atoms with E-state index in [1.165, 1.54) is 19.4 Å². The smallest absolute Gasteiger partial charge is 0.0316 e. The molecule has 0 aromatic carbocycles. The molecule has 1 unspecified atom stereocenters. The van der Waals surface area contributed by atoms with Crippen molar-refractivity contribution in [2.45, 2.75) is 25.8 Å². The molecular weight excluding hydrogens is 134 g/mol. The van der Waals surface area contributed by atoms with E-state index in [-0.39, 0.29) is 0 Å². The van der Waals surface area contributed by atoms with Gasteiger partial charge in [-0.3, -0.25) is 4.90 Å². The zero-order chi connectivity index (χ0) is 7.84. The average Bonchev–Trinajstić information content (AvgIpc) is 2.45. The van der Waals surface area contributed by atoms with E-state index in [9.17, 15) is 0 Å². The van der Waals surface area contributed by atoms with Crippen molar-refractivity contribution in [1.29, 1.82) is 0 Å². The Kier molecular flexibility index (Phi) is 1.61. The van der Waals surface area contributed by atoms with Crippen molar-refractivity contribution in [2.75, 3.05) is 13.6 Å². The minimum Gasteiger partial charge on any atom is -0.299 e. The number of hydrogen-bond acceptors (Lipinski definition) is 1. The van der Waals surface area contributed by atoms with Crippen molar-refractivity contribution < 1.29 is 0 Å². The zero-order valence-corrected chi connectivity index (χ0v) is 7.30. The maximum Gasteiger partial charge on any atom is 0.0316 e. The molecule has 0 saturated carbocycles. The Labute approximate surface area is 68.4 Å². The summed E-state index contributed by atoms with van der Waals surface area (Å²) in [6, 6.07) is 0.650. The molecule has 1 atom stereocenters. The van der Waals surface area contributed by atoms with E-state index >= 15 is 0 Å². The fraction of sp³-hybridized carbons (Fsp3) is 0.600. The Bertz CT molecular complexity index is 225. The van der Waals surface area contributed by atoms with Gasteiger partial charge in [-0.15, -0.1) is 0 Å². The van der Waals surface area contributed by atoms with Crippen LogP contribution < -0.4 is 0 Å². The maximum absolute atomic E-state index is 2.43. The van der Waals surface area contributed by atoms with E-state index in [0.29, 0.717) is 6.04 Å². The summed E-state index contributed by atoms with van der Waals surface area (Å²) < 4.78 is 0. The third-order valence-electron chi connectivity index (χ3n) is 2.95. The van der Waals surface area contributed by atoms with E-state index in [0.717, 1.165) is 0 Å². The quantitative estimate of drug-likeness (QED) is 0.509. The van der Waals surface area contributed by atoms with E-state index < -0.39 is 0 Å². The van der Waals surface area contributed by atoms with Crippen LogP contribution in [0.15, 0.2) is 23.3 Å². The highest BCUT2D eigenvalue weighted by Crippen LogP contribution is 2.30. The van der Waals surface area contributed by atoms with E-state index in [2.05, 4.69) is 31.0 Å². The Balaban J connectivity index is 2.28. The second-order valence-corrected chi connectivity index (χ2v) is 3.57. The predicted octanol–water partition coefficient (Wildman–Crippen LogP) is 1.97. The monoisotopic (exact) mass is 149 g/mol. The van der Waals surface area contributed by atoms with Crippen LogP contribution in [0.2, 0.25) is 0 Å². The van der Waals surface area contributed by atoms with Crippen molar-refractivity contribution in [1.82, 2.24) is 4.90 Å². The molecule has 0 bridgehead atoms. The lowest BCUT2D eigenvalue weighted by Crippen LogP contribution is -2.34. The molecule has 1 nitrogen and oxygen atoms in total. The van der Waals surface area contributed by atoms with Gasteiger partial charge in [0.15, 0.2) is 0 Å². The molecule has 2 rings (SSSR count). The van der Waals surface area contributed by atoms with Crippen LogP contribution in [0.3, 0.4) is 0 Å². The third kappa shape index (κ3) is 1.04. The molecule has 2 aliphatic rings. The van der Waals surface area contributed by atoms with Crippen LogP contribution in [0.1, 0.15) is 19.8 Å². The number of hydrogen-bond donors (Lipinski definition) is 0. The van der Waals surface area contributed by atoms with Gasteiger partial charge in [0, 0.05) is 12.6 Å². The highest BCUT2D eigenvalue weighted by Gasteiger charge is 2.23. The van der Waals surface area contributed by atoms with E-state index in [1.807, 2.05) is 0 Å². The summed E-state index contributed by atoms with van der Waals surface area (Å²) in [5.74, 6) is 0. The number of allylic oxidation sites excluding steroid dienone is 1. The summed E-state index contributed by atoms with van der Waals surface area (Å²) >= 11 is 0.